The highest BCUT2D eigenvalue weighted by Crippen LogP contribution is 2.02. The van der Waals surface area contributed by atoms with E-state index >= 15 is 0 Å². The topological polar surface area (TPSA) is 43.5 Å². The van der Waals surface area contributed by atoms with Gasteiger partial charge in [0.2, 0.25) is 0 Å². The SMILES string of the molecule is N#CC(=Cc1ccc[nH]1)[n+]1ccccc1. The van der Waals surface area contributed by atoms with Crippen molar-refractivity contribution in [2.45, 2.75) is 0 Å². The van der Waals surface area contributed by atoms with E-state index in [0.29, 0.717) is 5.70 Å². The van der Waals surface area contributed by atoms with Gasteiger partial charge in [-0.2, -0.15) is 9.83 Å². The first-order valence-corrected chi connectivity index (χ1v) is 4.62. The zero-order valence-corrected chi connectivity index (χ0v) is 8.09. The summed E-state index contributed by atoms with van der Waals surface area (Å²) in [7, 11) is 0. The second kappa shape index (κ2) is 4.25. The first-order valence-electron chi connectivity index (χ1n) is 4.62. The van der Waals surface area contributed by atoms with E-state index in [2.05, 4.69) is 11.1 Å². The molecule has 3 nitrogen and oxygen atoms in total. The molecule has 0 unspecified atom stereocenters. The third-order valence-electron chi connectivity index (χ3n) is 2.02. The van der Waals surface area contributed by atoms with Crippen molar-refractivity contribution in [3.63, 3.8) is 0 Å². The lowest BCUT2D eigenvalue weighted by Gasteiger charge is -1.90. The molecule has 0 fully saturated rings. The molecule has 3 heteroatoms. The largest absolute Gasteiger partial charge is 0.361 e. The van der Waals surface area contributed by atoms with Crippen LogP contribution in [0, 0.1) is 11.3 Å². The molecule has 0 aromatic carbocycles. The van der Waals surface area contributed by atoms with Crippen molar-refractivity contribution in [1.82, 2.24) is 4.98 Å². The number of hydrogen-bond acceptors (Lipinski definition) is 1. The fraction of sp³-hybridized carbons (Fsp3) is 0. The second-order valence-electron chi connectivity index (χ2n) is 3.05. The van der Waals surface area contributed by atoms with Crippen molar-refractivity contribution in [3.05, 3.63) is 54.6 Å². The highest BCUT2D eigenvalue weighted by atomic mass is 14.9. The number of hydrogen-bond donors (Lipinski definition) is 1. The molecular formula is C12H10N3+. The van der Waals surface area contributed by atoms with Gasteiger partial charge in [-0.1, -0.05) is 6.07 Å². The molecule has 15 heavy (non-hydrogen) atoms. The van der Waals surface area contributed by atoms with Crippen LogP contribution in [0.1, 0.15) is 5.69 Å². The molecule has 2 heterocycles. The van der Waals surface area contributed by atoms with Gasteiger partial charge in [-0.3, -0.25) is 0 Å². The normalized spacial score (nSPS) is 11.0. The Kier molecular flexibility index (Phi) is 2.61. The molecular weight excluding hydrogens is 186 g/mol. The summed E-state index contributed by atoms with van der Waals surface area (Å²) in [6, 6.07) is 11.7. The molecule has 0 atom stereocenters. The van der Waals surface area contributed by atoms with E-state index in [1.807, 2.05) is 48.9 Å². The van der Waals surface area contributed by atoms with Gasteiger partial charge in [0.1, 0.15) is 0 Å². The van der Waals surface area contributed by atoms with Crippen LogP contribution in [0.3, 0.4) is 0 Å². The Bertz CT molecular complexity index is 489. The van der Waals surface area contributed by atoms with Crippen molar-refractivity contribution in [2.24, 2.45) is 0 Å². The summed E-state index contributed by atoms with van der Waals surface area (Å²) in [5.41, 5.74) is 1.50. The molecule has 72 valence electrons. The summed E-state index contributed by atoms with van der Waals surface area (Å²) in [4.78, 5) is 3.03. The van der Waals surface area contributed by atoms with E-state index in [-0.39, 0.29) is 0 Å². The number of H-pyrrole nitrogens is 1. The van der Waals surface area contributed by atoms with Gasteiger partial charge in [-0.25, -0.2) is 0 Å². The monoisotopic (exact) mass is 196 g/mol. The Hall–Kier alpha value is -2.34. The minimum absolute atomic E-state index is 0.582. The van der Waals surface area contributed by atoms with Gasteiger partial charge in [-0.05, 0) is 12.1 Å². The molecule has 0 aliphatic rings. The minimum atomic E-state index is 0.582. The summed E-state index contributed by atoms with van der Waals surface area (Å²) in [5, 5.41) is 9.03. The number of pyridine rings is 1. The molecule has 2 aromatic heterocycles. The van der Waals surface area contributed by atoms with Gasteiger partial charge in [0.05, 0.1) is 0 Å². The molecule has 0 aliphatic carbocycles. The molecule has 0 saturated heterocycles. The van der Waals surface area contributed by atoms with Gasteiger partial charge < -0.3 is 4.98 Å². The molecule has 0 spiro atoms. The highest BCUT2D eigenvalue weighted by Gasteiger charge is 2.07. The highest BCUT2D eigenvalue weighted by molar-refractivity contribution is 5.71. The third-order valence-corrected chi connectivity index (χ3v) is 2.02. The maximum absolute atomic E-state index is 9.03. The number of nitriles is 1. The van der Waals surface area contributed by atoms with Gasteiger partial charge >= 0.3 is 0 Å². The van der Waals surface area contributed by atoms with E-state index in [9.17, 15) is 0 Å². The van der Waals surface area contributed by atoms with Gasteiger partial charge in [0, 0.05) is 30.1 Å². The molecule has 0 radical (unpaired) electrons. The van der Waals surface area contributed by atoms with Crippen molar-refractivity contribution >= 4 is 11.8 Å². The van der Waals surface area contributed by atoms with Gasteiger partial charge in [0.15, 0.2) is 18.5 Å². The van der Waals surface area contributed by atoms with E-state index in [1.165, 1.54) is 0 Å². The number of allylic oxidation sites excluding steroid dienone is 1. The summed E-state index contributed by atoms with van der Waals surface area (Å²) >= 11 is 0. The number of aromatic nitrogens is 2. The summed E-state index contributed by atoms with van der Waals surface area (Å²) < 4.78 is 1.78. The van der Waals surface area contributed by atoms with Crippen LogP contribution in [-0.2, 0) is 0 Å². The van der Waals surface area contributed by atoms with Gasteiger partial charge in [0.25, 0.3) is 5.70 Å². The molecule has 0 aliphatic heterocycles. The molecule has 0 amide bonds. The molecule has 2 rings (SSSR count). The minimum Gasteiger partial charge on any atom is -0.361 e. The second-order valence-corrected chi connectivity index (χ2v) is 3.05. The quantitative estimate of drug-likeness (QED) is 0.578. The predicted molar refractivity (Wildman–Crippen MR) is 57.2 cm³/mol. The Morgan fingerprint density at radius 2 is 2.07 bits per heavy atom. The maximum atomic E-state index is 9.03. The lowest BCUT2D eigenvalue weighted by atomic mass is 10.3. The molecule has 1 N–H and O–H groups in total. The summed E-state index contributed by atoms with van der Waals surface area (Å²) in [6.45, 7) is 0. The van der Waals surface area contributed by atoms with Crippen molar-refractivity contribution < 1.29 is 4.57 Å². The zero-order valence-electron chi connectivity index (χ0n) is 8.09. The first kappa shape index (κ1) is 9.22. The Balaban J connectivity index is 2.38. The van der Waals surface area contributed by atoms with Crippen LogP contribution >= 0.6 is 0 Å². The number of nitrogens with zero attached hydrogens (tertiary/aromatic N) is 2. The molecule has 2 aromatic rings. The maximum Gasteiger partial charge on any atom is 0.290 e. The Morgan fingerprint density at radius 1 is 1.27 bits per heavy atom. The molecule has 0 saturated carbocycles. The first-order chi connectivity index (χ1) is 7.40. The fourth-order valence-corrected chi connectivity index (χ4v) is 1.31. The van der Waals surface area contributed by atoms with Gasteiger partial charge in [-0.15, -0.1) is 0 Å². The number of aromatic amines is 1. The van der Waals surface area contributed by atoms with Crippen molar-refractivity contribution in [2.75, 3.05) is 0 Å². The van der Waals surface area contributed by atoms with E-state index in [4.69, 9.17) is 5.26 Å². The Morgan fingerprint density at radius 3 is 2.67 bits per heavy atom. The van der Waals surface area contributed by atoms with Crippen LogP contribution < -0.4 is 4.57 Å². The van der Waals surface area contributed by atoms with Crippen molar-refractivity contribution in [1.29, 1.82) is 5.26 Å². The lowest BCUT2D eigenvalue weighted by Crippen LogP contribution is -2.29. The van der Waals surface area contributed by atoms with E-state index < -0.39 is 0 Å². The average molecular weight is 196 g/mol. The summed E-state index contributed by atoms with van der Waals surface area (Å²) in [6.07, 6.45) is 7.33. The molecule has 0 bridgehead atoms. The van der Waals surface area contributed by atoms with Crippen LogP contribution in [0.4, 0.5) is 0 Å². The van der Waals surface area contributed by atoms with Crippen LogP contribution in [0.5, 0.6) is 0 Å². The fourth-order valence-electron chi connectivity index (χ4n) is 1.31. The lowest BCUT2D eigenvalue weighted by molar-refractivity contribution is -0.576. The third kappa shape index (κ3) is 2.12. The van der Waals surface area contributed by atoms with E-state index in [0.717, 1.165) is 5.69 Å². The smallest absolute Gasteiger partial charge is 0.290 e. The predicted octanol–water partition coefficient (Wildman–Crippen LogP) is 1.82. The zero-order chi connectivity index (χ0) is 10.5. The van der Waals surface area contributed by atoms with Crippen LogP contribution in [-0.4, -0.2) is 4.98 Å². The standard InChI is InChI=1S/C12H10N3/c13-10-12(9-11-5-4-6-14-11)15-7-2-1-3-8-15/h1-9,14H/q+1. The van der Waals surface area contributed by atoms with Crippen LogP contribution in [0.15, 0.2) is 48.9 Å². The summed E-state index contributed by atoms with van der Waals surface area (Å²) in [5.74, 6) is 0. The van der Waals surface area contributed by atoms with Crippen molar-refractivity contribution in [3.8, 4) is 6.07 Å². The van der Waals surface area contributed by atoms with E-state index in [1.54, 1.807) is 10.6 Å². The average Bonchev–Trinajstić information content (AvgIpc) is 2.80. The Labute approximate surface area is 87.9 Å². The van der Waals surface area contributed by atoms with Crippen LogP contribution in [0.25, 0.3) is 11.8 Å². The van der Waals surface area contributed by atoms with Crippen LogP contribution in [0.2, 0.25) is 0 Å². The number of nitrogens with one attached hydrogen (secondary N) is 1. The number of rotatable bonds is 2.